The molecule has 0 atom stereocenters. The van der Waals surface area contributed by atoms with Gasteiger partial charge in [-0.2, -0.15) is 0 Å². The van der Waals surface area contributed by atoms with Gasteiger partial charge in [-0.05, 0) is 25.1 Å². The third kappa shape index (κ3) is 5.27. The summed E-state index contributed by atoms with van der Waals surface area (Å²) in [4.78, 5) is 23.8. The van der Waals surface area contributed by atoms with Gasteiger partial charge in [0, 0.05) is 18.2 Å². The lowest BCUT2D eigenvalue weighted by Crippen LogP contribution is -2.28. The van der Waals surface area contributed by atoms with E-state index in [0.29, 0.717) is 12.4 Å². The lowest BCUT2D eigenvalue weighted by Gasteiger charge is -2.10. The Hall–Kier alpha value is -2.96. The van der Waals surface area contributed by atoms with Crippen LogP contribution in [0.1, 0.15) is 22.8 Å². The van der Waals surface area contributed by atoms with Crippen molar-refractivity contribution >= 4 is 11.9 Å². The molecule has 0 fully saturated rings. The molecular formula is C18H17F2NO4. The Bertz CT molecular complexity index is 764. The molecule has 1 N–H and O–H groups in total. The van der Waals surface area contributed by atoms with Gasteiger partial charge in [0.2, 0.25) is 0 Å². The fraction of sp³-hybridized carbons (Fsp3) is 0.222. The highest BCUT2D eigenvalue weighted by Gasteiger charge is 2.15. The second kappa shape index (κ2) is 8.77. The van der Waals surface area contributed by atoms with Gasteiger partial charge in [-0.25, -0.2) is 13.6 Å². The van der Waals surface area contributed by atoms with Gasteiger partial charge in [0.25, 0.3) is 5.91 Å². The van der Waals surface area contributed by atoms with Gasteiger partial charge in [-0.15, -0.1) is 0 Å². The molecule has 0 aliphatic rings. The number of amides is 1. The van der Waals surface area contributed by atoms with E-state index in [-0.39, 0.29) is 17.7 Å². The number of para-hydroxylation sites is 1. The number of benzene rings is 2. The molecule has 0 aliphatic carbocycles. The molecular weight excluding hydrogens is 332 g/mol. The molecule has 0 aliphatic heterocycles. The van der Waals surface area contributed by atoms with Gasteiger partial charge in [0.1, 0.15) is 22.9 Å². The first-order valence-corrected chi connectivity index (χ1v) is 7.60. The third-order valence-electron chi connectivity index (χ3n) is 3.23. The van der Waals surface area contributed by atoms with Gasteiger partial charge in [-0.3, -0.25) is 4.79 Å². The summed E-state index contributed by atoms with van der Waals surface area (Å²) in [6.07, 6.45) is 0. The first kappa shape index (κ1) is 18.4. The average Bonchev–Trinajstić information content (AvgIpc) is 2.59. The van der Waals surface area contributed by atoms with Gasteiger partial charge < -0.3 is 14.8 Å². The Morgan fingerprint density at radius 3 is 2.60 bits per heavy atom. The van der Waals surface area contributed by atoms with Crippen LogP contribution in [-0.4, -0.2) is 25.1 Å². The fourth-order valence-corrected chi connectivity index (χ4v) is 2.04. The lowest BCUT2D eigenvalue weighted by atomic mass is 10.2. The van der Waals surface area contributed by atoms with Crippen molar-refractivity contribution in [2.45, 2.75) is 13.5 Å². The summed E-state index contributed by atoms with van der Waals surface area (Å²) in [7, 11) is 0. The first-order valence-electron chi connectivity index (χ1n) is 7.60. The number of carbonyl (C=O) groups excluding carboxylic acids is 2. The van der Waals surface area contributed by atoms with E-state index >= 15 is 0 Å². The summed E-state index contributed by atoms with van der Waals surface area (Å²) in [5.41, 5.74) is 0.337. The molecule has 7 heteroatoms. The van der Waals surface area contributed by atoms with E-state index in [2.05, 4.69) is 5.32 Å². The maximum atomic E-state index is 13.5. The lowest BCUT2D eigenvalue weighted by molar-refractivity contribution is -0.124. The summed E-state index contributed by atoms with van der Waals surface area (Å²) in [6, 6.07) is 9.57. The Labute approximate surface area is 143 Å². The predicted octanol–water partition coefficient (Wildman–Crippen LogP) is 2.84. The first-order chi connectivity index (χ1) is 12.0. The van der Waals surface area contributed by atoms with E-state index in [0.717, 1.165) is 12.1 Å². The number of ether oxygens (including phenoxy) is 2. The highest BCUT2D eigenvalue weighted by Crippen LogP contribution is 2.18. The molecule has 132 valence electrons. The topological polar surface area (TPSA) is 64.6 Å². The standard InChI is InChI=1S/C18H17F2NO4/c1-2-24-16-6-4-3-5-14(16)18(23)25-11-17(22)21-10-12-7-8-13(19)9-15(12)20/h3-9H,2,10-11H2,1H3,(H,21,22). The van der Waals surface area contributed by atoms with Crippen LogP contribution in [0.15, 0.2) is 42.5 Å². The molecule has 0 aromatic heterocycles. The highest BCUT2D eigenvalue weighted by atomic mass is 19.1. The van der Waals surface area contributed by atoms with Crippen LogP contribution >= 0.6 is 0 Å². The summed E-state index contributed by atoms with van der Waals surface area (Å²) in [6.45, 7) is 1.50. The minimum atomic E-state index is -0.761. The second-order valence-electron chi connectivity index (χ2n) is 5.02. The van der Waals surface area contributed by atoms with Crippen LogP contribution in [0, 0.1) is 11.6 Å². The molecule has 2 aromatic carbocycles. The van der Waals surface area contributed by atoms with Crippen LogP contribution in [0.5, 0.6) is 5.75 Å². The van der Waals surface area contributed by atoms with Crippen molar-refractivity contribution in [3.63, 3.8) is 0 Å². The van der Waals surface area contributed by atoms with Gasteiger partial charge in [-0.1, -0.05) is 18.2 Å². The number of rotatable bonds is 7. The molecule has 2 aromatic rings. The van der Waals surface area contributed by atoms with E-state index in [9.17, 15) is 18.4 Å². The predicted molar refractivity (Wildman–Crippen MR) is 86.1 cm³/mol. The van der Waals surface area contributed by atoms with Crippen molar-refractivity contribution in [2.24, 2.45) is 0 Å². The van der Waals surface area contributed by atoms with Crippen molar-refractivity contribution in [2.75, 3.05) is 13.2 Å². The van der Waals surface area contributed by atoms with E-state index in [1.54, 1.807) is 25.1 Å². The van der Waals surface area contributed by atoms with Crippen molar-refractivity contribution < 1.29 is 27.8 Å². The fourth-order valence-electron chi connectivity index (χ4n) is 2.04. The SMILES string of the molecule is CCOc1ccccc1C(=O)OCC(=O)NCc1ccc(F)cc1F. The van der Waals surface area contributed by atoms with Crippen LogP contribution in [0.4, 0.5) is 8.78 Å². The zero-order valence-corrected chi connectivity index (χ0v) is 13.6. The molecule has 2 rings (SSSR count). The molecule has 0 bridgehead atoms. The van der Waals surface area contributed by atoms with Crippen LogP contribution in [-0.2, 0) is 16.1 Å². The minimum absolute atomic E-state index is 0.128. The molecule has 0 spiro atoms. The molecule has 5 nitrogen and oxygen atoms in total. The van der Waals surface area contributed by atoms with Gasteiger partial charge in [0.15, 0.2) is 6.61 Å². The number of halogens is 2. The zero-order valence-electron chi connectivity index (χ0n) is 13.6. The molecule has 0 saturated heterocycles. The summed E-state index contributed by atoms with van der Waals surface area (Å²) < 4.78 is 36.5. The summed E-state index contributed by atoms with van der Waals surface area (Å²) in [5.74, 6) is -2.40. The number of carbonyl (C=O) groups is 2. The van der Waals surface area contributed by atoms with Crippen LogP contribution < -0.4 is 10.1 Å². The normalized spacial score (nSPS) is 10.2. The van der Waals surface area contributed by atoms with Crippen LogP contribution in [0.2, 0.25) is 0 Å². The monoisotopic (exact) mass is 349 g/mol. The molecule has 0 heterocycles. The second-order valence-corrected chi connectivity index (χ2v) is 5.02. The van der Waals surface area contributed by atoms with E-state index in [1.165, 1.54) is 12.1 Å². The number of hydrogen-bond acceptors (Lipinski definition) is 4. The summed E-state index contributed by atoms with van der Waals surface area (Å²) in [5, 5.41) is 2.40. The summed E-state index contributed by atoms with van der Waals surface area (Å²) >= 11 is 0. The van der Waals surface area contributed by atoms with E-state index < -0.39 is 30.1 Å². The minimum Gasteiger partial charge on any atom is -0.493 e. The number of hydrogen-bond donors (Lipinski definition) is 1. The van der Waals surface area contributed by atoms with Crippen molar-refractivity contribution in [3.8, 4) is 5.75 Å². The molecule has 25 heavy (non-hydrogen) atoms. The Balaban J connectivity index is 1.86. The van der Waals surface area contributed by atoms with E-state index in [4.69, 9.17) is 9.47 Å². The highest BCUT2D eigenvalue weighted by molar-refractivity contribution is 5.93. The quantitative estimate of drug-likeness (QED) is 0.781. The Morgan fingerprint density at radius 2 is 1.88 bits per heavy atom. The molecule has 0 saturated carbocycles. The number of esters is 1. The molecule has 0 radical (unpaired) electrons. The van der Waals surface area contributed by atoms with Crippen molar-refractivity contribution in [1.82, 2.24) is 5.32 Å². The smallest absolute Gasteiger partial charge is 0.342 e. The van der Waals surface area contributed by atoms with Crippen LogP contribution in [0.3, 0.4) is 0 Å². The van der Waals surface area contributed by atoms with Crippen molar-refractivity contribution in [1.29, 1.82) is 0 Å². The van der Waals surface area contributed by atoms with Crippen LogP contribution in [0.25, 0.3) is 0 Å². The molecule has 1 amide bonds. The van der Waals surface area contributed by atoms with Crippen molar-refractivity contribution in [3.05, 3.63) is 65.2 Å². The van der Waals surface area contributed by atoms with E-state index in [1.807, 2.05) is 0 Å². The Kier molecular flexibility index (Phi) is 6.45. The Morgan fingerprint density at radius 1 is 1.12 bits per heavy atom. The largest absolute Gasteiger partial charge is 0.493 e. The number of nitrogens with one attached hydrogen (secondary N) is 1. The van der Waals surface area contributed by atoms with Gasteiger partial charge >= 0.3 is 5.97 Å². The third-order valence-corrected chi connectivity index (χ3v) is 3.23. The maximum absolute atomic E-state index is 13.5. The zero-order chi connectivity index (χ0) is 18.2. The van der Waals surface area contributed by atoms with Gasteiger partial charge in [0.05, 0.1) is 6.61 Å². The molecule has 0 unspecified atom stereocenters. The maximum Gasteiger partial charge on any atom is 0.342 e. The average molecular weight is 349 g/mol.